The highest BCUT2D eigenvalue weighted by Gasteiger charge is 2.31. The average Bonchev–Trinajstić information content (AvgIpc) is 2.76. The highest BCUT2D eigenvalue weighted by Crippen LogP contribution is 2.23. The highest BCUT2D eigenvalue weighted by molar-refractivity contribution is 5.95. The standard InChI is InChI=1S/C13H15F3N2O.ClH/c1-7(17)8-2-3-18(6-8)13(19)12-10(15)4-9(14)5-11(12)16;/h4-5,7-8H,2-3,6,17H2,1H3;1H. The summed E-state index contributed by atoms with van der Waals surface area (Å²) in [5.41, 5.74) is 5.04. The van der Waals surface area contributed by atoms with Crippen LogP contribution < -0.4 is 5.73 Å². The zero-order valence-corrected chi connectivity index (χ0v) is 11.7. The molecule has 2 rings (SSSR count). The number of hydrogen-bond acceptors (Lipinski definition) is 2. The van der Waals surface area contributed by atoms with Crippen molar-refractivity contribution in [2.24, 2.45) is 11.7 Å². The lowest BCUT2D eigenvalue weighted by Gasteiger charge is -2.18. The first kappa shape index (κ1) is 16.8. The molecular formula is C13H16ClF3N2O. The Labute approximate surface area is 121 Å². The molecule has 3 nitrogen and oxygen atoms in total. The summed E-state index contributed by atoms with van der Waals surface area (Å²) in [5.74, 6) is -4.02. The second-order valence-corrected chi connectivity index (χ2v) is 4.90. The molecule has 0 aliphatic carbocycles. The number of hydrogen-bond donors (Lipinski definition) is 1. The summed E-state index contributed by atoms with van der Waals surface area (Å²) in [6, 6.07) is 0.936. The van der Waals surface area contributed by atoms with E-state index >= 15 is 0 Å². The predicted octanol–water partition coefficient (Wildman–Crippen LogP) is 2.34. The van der Waals surface area contributed by atoms with E-state index in [1.807, 2.05) is 6.92 Å². The molecule has 1 heterocycles. The van der Waals surface area contributed by atoms with Crippen LogP contribution in [0, 0.1) is 23.4 Å². The van der Waals surface area contributed by atoms with Gasteiger partial charge in [-0.2, -0.15) is 0 Å². The van der Waals surface area contributed by atoms with E-state index in [-0.39, 0.29) is 24.4 Å². The van der Waals surface area contributed by atoms with Crippen molar-refractivity contribution in [1.82, 2.24) is 4.90 Å². The minimum Gasteiger partial charge on any atom is -0.338 e. The van der Waals surface area contributed by atoms with Crippen molar-refractivity contribution in [3.8, 4) is 0 Å². The van der Waals surface area contributed by atoms with E-state index in [9.17, 15) is 18.0 Å². The van der Waals surface area contributed by atoms with E-state index in [4.69, 9.17) is 5.73 Å². The molecule has 2 atom stereocenters. The first-order valence-corrected chi connectivity index (χ1v) is 6.09. The Hall–Kier alpha value is -1.27. The largest absolute Gasteiger partial charge is 0.338 e. The molecule has 1 aliphatic rings. The van der Waals surface area contributed by atoms with Crippen molar-refractivity contribution in [3.05, 3.63) is 35.1 Å². The fourth-order valence-corrected chi connectivity index (χ4v) is 2.31. The minimum absolute atomic E-state index is 0. The molecule has 0 aromatic heterocycles. The molecule has 20 heavy (non-hydrogen) atoms. The van der Waals surface area contributed by atoms with E-state index in [1.54, 1.807) is 0 Å². The lowest BCUT2D eigenvalue weighted by atomic mass is 10.0. The average molecular weight is 309 g/mol. The van der Waals surface area contributed by atoms with Crippen LogP contribution in [0.2, 0.25) is 0 Å². The molecule has 0 saturated carbocycles. The quantitative estimate of drug-likeness (QED) is 0.911. The summed E-state index contributed by atoms with van der Waals surface area (Å²) < 4.78 is 39.8. The van der Waals surface area contributed by atoms with Crippen LogP contribution in [-0.4, -0.2) is 29.9 Å². The number of rotatable bonds is 2. The van der Waals surface area contributed by atoms with E-state index in [2.05, 4.69) is 0 Å². The summed E-state index contributed by atoms with van der Waals surface area (Å²) in [7, 11) is 0. The third-order valence-corrected chi connectivity index (χ3v) is 3.48. The Bertz CT molecular complexity index is 487. The lowest BCUT2D eigenvalue weighted by molar-refractivity contribution is 0.0776. The topological polar surface area (TPSA) is 46.3 Å². The Morgan fingerprint density at radius 2 is 1.90 bits per heavy atom. The molecule has 1 aromatic carbocycles. The van der Waals surface area contributed by atoms with Crippen molar-refractivity contribution in [2.45, 2.75) is 19.4 Å². The van der Waals surface area contributed by atoms with Gasteiger partial charge < -0.3 is 10.6 Å². The van der Waals surface area contributed by atoms with Crippen LogP contribution >= 0.6 is 12.4 Å². The maximum absolute atomic E-state index is 13.5. The third kappa shape index (κ3) is 3.24. The maximum atomic E-state index is 13.5. The van der Waals surface area contributed by atoms with Crippen LogP contribution in [-0.2, 0) is 0 Å². The van der Waals surface area contributed by atoms with Crippen LogP contribution in [0.4, 0.5) is 13.2 Å². The summed E-state index contributed by atoms with van der Waals surface area (Å²) >= 11 is 0. The first-order valence-electron chi connectivity index (χ1n) is 6.09. The van der Waals surface area contributed by atoms with Crippen LogP contribution in [0.3, 0.4) is 0 Å². The molecule has 1 aliphatic heterocycles. The van der Waals surface area contributed by atoms with Gasteiger partial charge in [0.2, 0.25) is 0 Å². The van der Waals surface area contributed by atoms with Crippen LogP contribution in [0.5, 0.6) is 0 Å². The molecule has 7 heteroatoms. The van der Waals surface area contributed by atoms with Crippen molar-refractivity contribution < 1.29 is 18.0 Å². The number of carbonyl (C=O) groups is 1. The van der Waals surface area contributed by atoms with Gasteiger partial charge in [0.25, 0.3) is 5.91 Å². The van der Waals surface area contributed by atoms with E-state index in [0.717, 1.165) is 0 Å². The Morgan fingerprint density at radius 3 is 2.35 bits per heavy atom. The fourth-order valence-electron chi connectivity index (χ4n) is 2.31. The number of amides is 1. The predicted molar refractivity (Wildman–Crippen MR) is 71.2 cm³/mol. The number of nitrogens with zero attached hydrogens (tertiary/aromatic N) is 1. The van der Waals surface area contributed by atoms with Gasteiger partial charge in [-0.1, -0.05) is 0 Å². The number of nitrogens with two attached hydrogens (primary N) is 1. The van der Waals surface area contributed by atoms with Crippen LogP contribution in [0.15, 0.2) is 12.1 Å². The number of benzene rings is 1. The highest BCUT2D eigenvalue weighted by atomic mass is 35.5. The molecular weight excluding hydrogens is 293 g/mol. The molecule has 2 unspecified atom stereocenters. The van der Waals surface area contributed by atoms with Gasteiger partial charge >= 0.3 is 0 Å². The van der Waals surface area contributed by atoms with Gasteiger partial charge in [0, 0.05) is 31.3 Å². The Kier molecular flexibility index (Phi) is 5.42. The molecule has 1 saturated heterocycles. The van der Waals surface area contributed by atoms with Crippen molar-refractivity contribution in [3.63, 3.8) is 0 Å². The second kappa shape index (κ2) is 6.45. The summed E-state index contributed by atoms with van der Waals surface area (Å²) in [6.45, 7) is 2.60. The van der Waals surface area contributed by atoms with E-state index < -0.39 is 28.9 Å². The van der Waals surface area contributed by atoms with Gasteiger partial charge in [-0.3, -0.25) is 4.79 Å². The molecule has 2 N–H and O–H groups in total. The fraction of sp³-hybridized carbons (Fsp3) is 0.462. The lowest BCUT2D eigenvalue weighted by Crippen LogP contribution is -2.33. The molecule has 0 radical (unpaired) electrons. The number of carbonyl (C=O) groups excluding carboxylic acids is 1. The van der Waals surface area contributed by atoms with Gasteiger partial charge in [-0.15, -0.1) is 12.4 Å². The number of halogens is 4. The summed E-state index contributed by atoms with van der Waals surface area (Å²) in [5, 5.41) is 0. The van der Waals surface area contributed by atoms with Gasteiger partial charge in [0.15, 0.2) is 0 Å². The van der Waals surface area contributed by atoms with Crippen LogP contribution in [0.25, 0.3) is 0 Å². The molecule has 1 fully saturated rings. The monoisotopic (exact) mass is 308 g/mol. The van der Waals surface area contributed by atoms with Gasteiger partial charge in [-0.25, -0.2) is 13.2 Å². The molecule has 0 spiro atoms. The van der Waals surface area contributed by atoms with Crippen molar-refractivity contribution in [2.75, 3.05) is 13.1 Å². The normalized spacial score (nSPS) is 19.6. The SMILES string of the molecule is CC(N)C1CCN(C(=O)c2c(F)cc(F)cc2F)C1.Cl. The molecule has 0 bridgehead atoms. The van der Waals surface area contributed by atoms with Crippen molar-refractivity contribution in [1.29, 1.82) is 0 Å². The van der Waals surface area contributed by atoms with Crippen LogP contribution in [0.1, 0.15) is 23.7 Å². The zero-order chi connectivity index (χ0) is 14.2. The first-order chi connectivity index (χ1) is 8.90. The third-order valence-electron chi connectivity index (χ3n) is 3.48. The smallest absolute Gasteiger partial charge is 0.259 e. The van der Waals surface area contributed by atoms with Crippen molar-refractivity contribution >= 4 is 18.3 Å². The number of likely N-dealkylation sites (tertiary alicyclic amines) is 1. The van der Waals surface area contributed by atoms with Gasteiger partial charge in [-0.05, 0) is 19.3 Å². The zero-order valence-electron chi connectivity index (χ0n) is 10.9. The van der Waals surface area contributed by atoms with Gasteiger partial charge in [0.1, 0.15) is 23.0 Å². The Morgan fingerprint density at radius 1 is 1.35 bits per heavy atom. The second-order valence-electron chi connectivity index (χ2n) is 4.90. The summed E-state index contributed by atoms with van der Waals surface area (Å²) in [6.07, 6.45) is 0.702. The molecule has 112 valence electrons. The van der Waals surface area contributed by atoms with E-state index in [1.165, 1.54) is 4.90 Å². The minimum atomic E-state index is -1.17. The molecule has 1 amide bonds. The van der Waals surface area contributed by atoms with Gasteiger partial charge in [0.05, 0.1) is 0 Å². The summed E-state index contributed by atoms with van der Waals surface area (Å²) in [4.78, 5) is 13.4. The molecule has 1 aromatic rings. The maximum Gasteiger partial charge on any atom is 0.259 e. The van der Waals surface area contributed by atoms with E-state index in [0.29, 0.717) is 31.6 Å². The Balaban J connectivity index is 0.00000200.